The fourth-order valence-corrected chi connectivity index (χ4v) is 3.48. The van der Waals surface area contributed by atoms with E-state index in [-0.39, 0.29) is 10.2 Å². The van der Waals surface area contributed by atoms with Crippen LogP contribution in [0, 0.1) is 5.82 Å². The highest BCUT2D eigenvalue weighted by Gasteiger charge is 2.41. The SMILES string of the molecule is COc1cc(F)c(Br)c(C2(N=C=O)CCCC2)c1OC. The van der Waals surface area contributed by atoms with E-state index in [4.69, 9.17) is 9.47 Å². The van der Waals surface area contributed by atoms with Crippen LogP contribution in [-0.4, -0.2) is 20.3 Å². The number of ether oxygens (including phenoxy) is 2. The third-order valence-corrected chi connectivity index (χ3v) is 4.49. The lowest BCUT2D eigenvalue weighted by Crippen LogP contribution is -2.21. The highest BCUT2D eigenvalue weighted by atomic mass is 79.9. The summed E-state index contributed by atoms with van der Waals surface area (Å²) in [7, 11) is 2.93. The summed E-state index contributed by atoms with van der Waals surface area (Å²) in [5, 5.41) is 0. The Kier molecular flexibility index (Phi) is 4.45. The van der Waals surface area contributed by atoms with Gasteiger partial charge in [0.25, 0.3) is 0 Å². The maximum Gasteiger partial charge on any atom is 0.235 e. The molecule has 1 saturated carbocycles. The summed E-state index contributed by atoms with van der Waals surface area (Å²) in [6.07, 6.45) is 4.77. The molecule has 0 radical (unpaired) electrons. The molecule has 1 aromatic rings. The molecule has 20 heavy (non-hydrogen) atoms. The molecule has 0 aliphatic heterocycles. The summed E-state index contributed by atoms with van der Waals surface area (Å²) in [5.74, 6) is 0.224. The monoisotopic (exact) mass is 343 g/mol. The van der Waals surface area contributed by atoms with E-state index in [0.29, 0.717) is 24.2 Å². The maximum absolute atomic E-state index is 14.1. The first kappa shape index (κ1) is 15.0. The molecule has 6 heteroatoms. The van der Waals surface area contributed by atoms with E-state index >= 15 is 0 Å². The fraction of sp³-hybridized carbons (Fsp3) is 0.500. The molecule has 0 amide bonds. The van der Waals surface area contributed by atoms with Gasteiger partial charge in [-0.3, -0.25) is 0 Å². The van der Waals surface area contributed by atoms with Gasteiger partial charge in [-0.25, -0.2) is 9.18 Å². The molecule has 0 aromatic heterocycles. The van der Waals surface area contributed by atoms with Crippen molar-refractivity contribution < 1.29 is 18.7 Å². The lowest BCUT2D eigenvalue weighted by Gasteiger charge is -2.27. The summed E-state index contributed by atoms with van der Waals surface area (Å²) in [6, 6.07) is 1.25. The number of nitrogens with zero attached hydrogens (tertiary/aromatic N) is 1. The van der Waals surface area contributed by atoms with Crippen molar-refractivity contribution in [3.05, 3.63) is 21.9 Å². The van der Waals surface area contributed by atoms with Crippen LogP contribution in [0.25, 0.3) is 0 Å². The molecule has 108 valence electrons. The molecule has 0 atom stereocenters. The minimum absolute atomic E-state index is 0.260. The maximum atomic E-state index is 14.1. The van der Waals surface area contributed by atoms with Gasteiger partial charge >= 0.3 is 0 Å². The summed E-state index contributed by atoms with van der Waals surface area (Å²) in [4.78, 5) is 14.8. The van der Waals surface area contributed by atoms with Crippen molar-refractivity contribution in [2.75, 3.05) is 14.2 Å². The highest BCUT2D eigenvalue weighted by Crippen LogP contribution is 2.51. The van der Waals surface area contributed by atoms with E-state index in [9.17, 15) is 9.18 Å². The van der Waals surface area contributed by atoms with Crippen LogP contribution in [0.3, 0.4) is 0 Å². The number of aliphatic imine (C=N–C) groups is 1. The first-order valence-corrected chi connectivity index (χ1v) is 7.08. The van der Waals surface area contributed by atoms with Crippen LogP contribution < -0.4 is 9.47 Å². The van der Waals surface area contributed by atoms with Crippen LogP contribution in [-0.2, 0) is 10.3 Å². The van der Waals surface area contributed by atoms with Gasteiger partial charge in [0.15, 0.2) is 11.5 Å². The van der Waals surface area contributed by atoms with Gasteiger partial charge < -0.3 is 9.47 Å². The van der Waals surface area contributed by atoms with E-state index in [1.807, 2.05) is 0 Å². The Morgan fingerprint density at radius 1 is 1.35 bits per heavy atom. The molecular formula is C14H15BrFNO3. The first-order valence-electron chi connectivity index (χ1n) is 6.29. The molecule has 1 aromatic carbocycles. The molecule has 1 fully saturated rings. The lowest BCUT2D eigenvalue weighted by atomic mass is 9.87. The van der Waals surface area contributed by atoms with Gasteiger partial charge in [0, 0.05) is 11.6 Å². The zero-order valence-electron chi connectivity index (χ0n) is 11.3. The topological polar surface area (TPSA) is 47.9 Å². The molecule has 0 unspecified atom stereocenters. The number of methoxy groups -OCH3 is 2. The molecule has 4 nitrogen and oxygen atoms in total. The Bertz CT molecular complexity index is 564. The van der Waals surface area contributed by atoms with Crippen molar-refractivity contribution in [2.24, 2.45) is 4.99 Å². The van der Waals surface area contributed by atoms with Gasteiger partial charge in [-0.05, 0) is 28.8 Å². The van der Waals surface area contributed by atoms with Crippen molar-refractivity contribution >= 4 is 22.0 Å². The average molecular weight is 344 g/mol. The molecule has 0 spiro atoms. The molecule has 1 aliphatic rings. The number of halogens is 2. The number of carbonyl (C=O) groups excluding carboxylic acids is 1. The third-order valence-electron chi connectivity index (χ3n) is 3.72. The Labute approximate surface area is 125 Å². The second-order valence-electron chi connectivity index (χ2n) is 4.72. The summed E-state index contributed by atoms with van der Waals surface area (Å²) in [5.41, 5.74) is -0.265. The van der Waals surface area contributed by atoms with E-state index < -0.39 is 11.4 Å². The molecule has 0 heterocycles. The number of hydrogen-bond donors (Lipinski definition) is 0. The van der Waals surface area contributed by atoms with Gasteiger partial charge in [0.1, 0.15) is 11.4 Å². The van der Waals surface area contributed by atoms with Crippen LogP contribution in [0.2, 0.25) is 0 Å². The van der Waals surface area contributed by atoms with Crippen molar-refractivity contribution in [3.63, 3.8) is 0 Å². The highest BCUT2D eigenvalue weighted by molar-refractivity contribution is 9.10. The smallest absolute Gasteiger partial charge is 0.235 e. The van der Waals surface area contributed by atoms with Gasteiger partial charge in [0.05, 0.1) is 18.7 Å². The summed E-state index contributed by atoms with van der Waals surface area (Å²) in [6.45, 7) is 0. The quantitative estimate of drug-likeness (QED) is 0.618. The normalized spacial score (nSPS) is 16.6. The Morgan fingerprint density at radius 2 is 2.00 bits per heavy atom. The van der Waals surface area contributed by atoms with Gasteiger partial charge in [-0.2, -0.15) is 4.99 Å². The number of rotatable bonds is 4. The van der Waals surface area contributed by atoms with Crippen molar-refractivity contribution in [3.8, 4) is 11.5 Å². The Morgan fingerprint density at radius 3 is 2.50 bits per heavy atom. The number of benzene rings is 1. The fourth-order valence-electron chi connectivity index (χ4n) is 2.82. The van der Waals surface area contributed by atoms with E-state index in [2.05, 4.69) is 20.9 Å². The van der Waals surface area contributed by atoms with E-state index in [1.54, 1.807) is 6.08 Å². The van der Waals surface area contributed by atoms with Crippen LogP contribution in [0.15, 0.2) is 15.5 Å². The molecule has 2 rings (SSSR count). The second kappa shape index (κ2) is 5.94. The van der Waals surface area contributed by atoms with Crippen LogP contribution >= 0.6 is 15.9 Å². The number of isocyanates is 1. The van der Waals surface area contributed by atoms with Crippen molar-refractivity contribution in [1.82, 2.24) is 0 Å². The molecule has 0 N–H and O–H groups in total. The van der Waals surface area contributed by atoms with E-state index in [1.165, 1.54) is 20.3 Å². The van der Waals surface area contributed by atoms with Crippen LogP contribution in [0.1, 0.15) is 31.2 Å². The van der Waals surface area contributed by atoms with Gasteiger partial charge in [-0.15, -0.1) is 0 Å². The third kappa shape index (κ3) is 2.34. The molecular weight excluding hydrogens is 329 g/mol. The lowest BCUT2D eigenvalue weighted by molar-refractivity contribution is 0.333. The average Bonchev–Trinajstić information content (AvgIpc) is 2.90. The van der Waals surface area contributed by atoms with Crippen LogP contribution in [0.4, 0.5) is 4.39 Å². The van der Waals surface area contributed by atoms with Crippen molar-refractivity contribution in [2.45, 2.75) is 31.2 Å². The zero-order valence-corrected chi connectivity index (χ0v) is 12.9. The zero-order chi connectivity index (χ0) is 14.8. The summed E-state index contributed by atoms with van der Waals surface area (Å²) >= 11 is 3.25. The Balaban J connectivity index is 2.76. The number of hydrogen-bond acceptors (Lipinski definition) is 4. The molecule has 1 aliphatic carbocycles. The van der Waals surface area contributed by atoms with Gasteiger partial charge in [0.2, 0.25) is 6.08 Å². The largest absolute Gasteiger partial charge is 0.493 e. The first-order chi connectivity index (χ1) is 9.59. The van der Waals surface area contributed by atoms with Crippen molar-refractivity contribution in [1.29, 1.82) is 0 Å². The predicted octanol–water partition coefficient (Wildman–Crippen LogP) is 3.71. The van der Waals surface area contributed by atoms with E-state index in [0.717, 1.165) is 12.8 Å². The molecule has 0 bridgehead atoms. The van der Waals surface area contributed by atoms with Gasteiger partial charge in [-0.1, -0.05) is 12.8 Å². The molecule has 0 saturated heterocycles. The predicted molar refractivity (Wildman–Crippen MR) is 75.5 cm³/mol. The minimum Gasteiger partial charge on any atom is -0.493 e. The Hall–Kier alpha value is -1.39. The minimum atomic E-state index is -0.790. The van der Waals surface area contributed by atoms with Crippen LogP contribution in [0.5, 0.6) is 11.5 Å². The summed E-state index contributed by atoms with van der Waals surface area (Å²) < 4.78 is 24.9. The second-order valence-corrected chi connectivity index (χ2v) is 5.52. The standard InChI is InChI=1S/C14H15BrFNO3/c1-19-10-7-9(16)12(15)11(13(10)20-2)14(17-8-18)5-3-4-6-14/h7H,3-6H2,1-2H3.